The van der Waals surface area contributed by atoms with Gasteiger partial charge in [-0.3, -0.25) is 4.79 Å². The lowest BCUT2D eigenvalue weighted by molar-refractivity contribution is 0.0919. The maximum atomic E-state index is 11.9. The van der Waals surface area contributed by atoms with Crippen LogP contribution in [0.1, 0.15) is 36.5 Å². The highest BCUT2D eigenvalue weighted by atomic mass is 16.1. The number of hydrogen-bond donors (Lipinski definition) is 0. The molecule has 0 spiro atoms. The Bertz CT molecular complexity index is 323. The Balaban J connectivity index is 2.10. The third-order valence-electron chi connectivity index (χ3n) is 2.91. The van der Waals surface area contributed by atoms with Gasteiger partial charge in [0.15, 0.2) is 5.78 Å². The number of ketones is 1. The summed E-state index contributed by atoms with van der Waals surface area (Å²) in [5.41, 5.74) is 0.659. The predicted octanol–water partition coefficient (Wildman–Crippen LogP) is 2.10. The Labute approximate surface area is 83.6 Å². The molecule has 0 aromatic carbocycles. The molecular weight excluding hydrogens is 176 g/mol. The lowest BCUT2D eigenvalue weighted by atomic mass is 9.97. The largest absolute Gasteiger partial charge is 0.294 e. The summed E-state index contributed by atoms with van der Waals surface area (Å²) >= 11 is 0. The second-order valence-corrected chi connectivity index (χ2v) is 4.11. The van der Waals surface area contributed by atoms with E-state index in [0.717, 1.165) is 12.8 Å². The van der Waals surface area contributed by atoms with Crippen LogP contribution in [-0.4, -0.2) is 15.8 Å². The summed E-state index contributed by atoms with van der Waals surface area (Å²) in [7, 11) is 0. The van der Waals surface area contributed by atoms with Gasteiger partial charge < -0.3 is 0 Å². The van der Waals surface area contributed by atoms with Crippen molar-refractivity contribution in [1.82, 2.24) is 9.97 Å². The quantitative estimate of drug-likeness (QED) is 0.671. The van der Waals surface area contributed by atoms with E-state index < -0.39 is 0 Å². The molecule has 3 heteroatoms. The molecule has 1 aromatic heterocycles. The summed E-state index contributed by atoms with van der Waals surface area (Å²) < 4.78 is 0. The summed E-state index contributed by atoms with van der Waals surface area (Å²) in [6.07, 6.45) is 7.89. The summed E-state index contributed by atoms with van der Waals surface area (Å²) in [5, 5.41) is 0. The van der Waals surface area contributed by atoms with Gasteiger partial charge in [-0.15, -0.1) is 0 Å². The van der Waals surface area contributed by atoms with Crippen molar-refractivity contribution in [2.75, 3.05) is 0 Å². The van der Waals surface area contributed by atoms with Crippen LogP contribution in [0.4, 0.5) is 0 Å². The van der Waals surface area contributed by atoms with Crippen molar-refractivity contribution >= 4 is 5.78 Å². The summed E-state index contributed by atoms with van der Waals surface area (Å²) in [5.74, 6) is 1.11. The minimum atomic E-state index is 0.205. The zero-order chi connectivity index (χ0) is 9.97. The first kappa shape index (κ1) is 9.31. The highest BCUT2D eigenvalue weighted by Crippen LogP contribution is 2.32. The molecule has 0 amide bonds. The van der Waals surface area contributed by atoms with Crippen LogP contribution in [0.25, 0.3) is 0 Å². The van der Waals surface area contributed by atoms with E-state index in [0.29, 0.717) is 11.5 Å². The number of hydrogen-bond acceptors (Lipinski definition) is 3. The zero-order valence-electron chi connectivity index (χ0n) is 8.31. The first-order chi connectivity index (χ1) is 6.77. The summed E-state index contributed by atoms with van der Waals surface area (Å²) in [6.45, 7) is 2.20. The second kappa shape index (κ2) is 3.86. The maximum absolute atomic E-state index is 11.9. The van der Waals surface area contributed by atoms with Crippen molar-refractivity contribution in [3.8, 4) is 0 Å². The van der Waals surface area contributed by atoms with E-state index in [1.165, 1.54) is 12.7 Å². The molecule has 0 radical (unpaired) electrons. The summed E-state index contributed by atoms with van der Waals surface area (Å²) in [6, 6.07) is 0. The number of Topliss-reactive ketones (excluding diaryl/α,β-unsaturated/α-hetero) is 1. The molecule has 3 nitrogen and oxygen atoms in total. The third-order valence-corrected chi connectivity index (χ3v) is 2.91. The molecule has 1 aliphatic rings. The number of aromatic nitrogens is 2. The SMILES string of the molecule is CC1CCC(C(=O)c2cncnc2)C1. The van der Waals surface area contributed by atoms with Gasteiger partial charge in [0.05, 0.1) is 5.56 Å². The monoisotopic (exact) mass is 190 g/mol. The van der Waals surface area contributed by atoms with Crippen LogP contribution in [0.15, 0.2) is 18.7 Å². The van der Waals surface area contributed by atoms with Crippen molar-refractivity contribution in [3.63, 3.8) is 0 Å². The molecule has 14 heavy (non-hydrogen) atoms. The fourth-order valence-electron chi connectivity index (χ4n) is 2.11. The van der Waals surface area contributed by atoms with E-state index in [4.69, 9.17) is 0 Å². The number of rotatable bonds is 2. The van der Waals surface area contributed by atoms with E-state index >= 15 is 0 Å². The van der Waals surface area contributed by atoms with Gasteiger partial charge in [-0.25, -0.2) is 9.97 Å². The maximum Gasteiger partial charge on any atom is 0.169 e. The standard InChI is InChI=1S/C11H14N2O/c1-8-2-3-9(4-8)11(14)10-5-12-7-13-6-10/h5-9H,2-4H2,1H3. The van der Waals surface area contributed by atoms with E-state index in [1.54, 1.807) is 12.4 Å². The van der Waals surface area contributed by atoms with Crippen molar-refractivity contribution in [2.45, 2.75) is 26.2 Å². The van der Waals surface area contributed by atoms with Crippen molar-refractivity contribution in [2.24, 2.45) is 11.8 Å². The predicted molar refractivity (Wildman–Crippen MR) is 52.9 cm³/mol. The normalized spacial score (nSPS) is 26.4. The number of nitrogens with zero attached hydrogens (tertiary/aromatic N) is 2. The number of carbonyl (C=O) groups is 1. The van der Waals surface area contributed by atoms with Gasteiger partial charge in [0.1, 0.15) is 6.33 Å². The third kappa shape index (κ3) is 1.81. The molecule has 0 bridgehead atoms. The van der Waals surface area contributed by atoms with Crippen molar-refractivity contribution in [1.29, 1.82) is 0 Å². The zero-order valence-corrected chi connectivity index (χ0v) is 8.31. The minimum absolute atomic E-state index is 0.205. The highest BCUT2D eigenvalue weighted by Gasteiger charge is 2.28. The molecule has 1 aromatic rings. The fraction of sp³-hybridized carbons (Fsp3) is 0.545. The van der Waals surface area contributed by atoms with Gasteiger partial charge in [-0.1, -0.05) is 6.92 Å². The van der Waals surface area contributed by atoms with Crippen LogP contribution in [0.2, 0.25) is 0 Å². The first-order valence-electron chi connectivity index (χ1n) is 5.06. The minimum Gasteiger partial charge on any atom is -0.294 e. The lowest BCUT2D eigenvalue weighted by Crippen LogP contribution is -2.12. The average molecular weight is 190 g/mol. The van der Waals surface area contributed by atoms with Gasteiger partial charge in [-0.05, 0) is 25.2 Å². The van der Waals surface area contributed by atoms with Crippen LogP contribution in [0, 0.1) is 11.8 Å². The van der Waals surface area contributed by atoms with E-state index in [2.05, 4.69) is 16.9 Å². The van der Waals surface area contributed by atoms with E-state index in [9.17, 15) is 4.79 Å². The molecule has 2 atom stereocenters. The van der Waals surface area contributed by atoms with Crippen molar-refractivity contribution in [3.05, 3.63) is 24.3 Å². The highest BCUT2D eigenvalue weighted by molar-refractivity contribution is 5.97. The molecule has 2 unspecified atom stereocenters. The lowest BCUT2D eigenvalue weighted by Gasteiger charge is -2.06. The van der Waals surface area contributed by atoms with Gasteiger partial charge in [0, 0.05) is 18.3 Å². The van der Waals surface area contributed by atoms with Gasteiger partial charge >= 0.3 is 0 Å². The van der Waals surface area contributed by atoms with E-state index in [1.807, 2.05) is 0 Å². The topological polar surface area (TPSA) is 42.9 Å². The van der Waals surface area contributed by atoms with Gasteiger partial charge in [-0.2, -0.15) is 0 Å². The van der Waals surface area contributed by atoms with Crippen LogP contribution < -0.4 is 0 Å². The number of carbonyl (C=O) groups excluding carboxylic acids is 1. The Morgan fingerprint density at radius 2 is 2.07 bits per heavy atom. The van der Waals surface area contributed by atoms with Crippen LogP contribution in [-0.2, 0) is 0 Å². The molecule has 74 valence electrons. The van der Waals surface area contributed by atoms with E-state index in [-0.39, 0.29) is 11.7 Å². The molecule has 2 rings (SSSR count). The second-order valence-electron chi connectivity index (χ2n) is 4.11. The molecule has 1 fully saturated rings. The van der Waals surface area contributed by atoms with Crippen LogP contribution >= 0.6 is 0 Å². The van der Waals surface area contributed by atoms with Gasteiger partial charge in [0.2, 0.25) is 0 Å². The van der Waals surface area contributed by atoms with Crippen LogP contribution in [0.3, 0.4) is 0 Å². The molecule has 0 saturated heterocycles. The molecule has 1 aliphatic carbocycles. The molecule has 0 aliphatic heterocycles. The fourth-order valence-corrected chi connectivity index (χ4v) is 2.11. The molecule has 1 heterocycles. The molecular formula is C11H14N2O. The van der Waals surface area contributed by atoms with Crippen LogP contribution in [0.5, 0.6) is 0 Å². The molecule has 1 saturated carbocycles. The smallest absolute Gasteiger partial charge is 0.169 e. The first-order valence-corrected chi connectivity index (χ1v) is 5.06. The van der Waals surface area contributed by atoms with Crippen molar-refractivity contribution < 1.29 is 4.79 Å². The average Bonchev–Trinajstić information content (AvgIpc) is 2.65. The Kier molecular flexibility index (Phi) is 2.57. The molecule has 0 N–H and O–H groups in total. The Hall–Kier alpha value is -1.25. The summed E-state index contributed by atoms with van der Waals surface area (Å²) in [4.78, 5) is 19.6. The Morgan fingerprint density at radius 3 is 2.64 bits per heavy atom. The van der Waals surface area contributed by atoms with Gasteiger partial charge in [0.25, 0.3) is 0 Å². The Morgan fingerprint density at radius 1 is 1.36 bits per heavy atom.